The first-order valence-electron chi connectivity index (χ1n) is 10.3. The molecule has 2 aliphatic rings. The highest BCUT2D eigenvalue weighted by Gasteiger charge is 2.44. The van der Waals surface area contributed by atoms with Gasteiger partial charge in [-0.2, -0.15) is 0 Å². The quantitative estimate of drug-likeness (QED) is 0.837. The van der Waals surface area contributed by atoms with Crippen molar-refractivity contribution in [1.82, 2.24) is 14.8 Å². The van der Waals surface area contributed by atoms with Gasteiger partial charge in [-0.3, -0.25) is 4.79 Å². The fraction of sp³-hybridized carbons (Fsp3) is 0.435. The second-order valence-corrected chi connectivity index (χ2v) is 9.01. The van der Waals surface area contributed by atoms with E-state index in [4.69, 9.17) is 4.74 Å². The molecule has 1 aromatic carbocycles. The summed E-state index contributed by atoms with van der Waals surface area (Å²) in [5.74, 6) is 1.15. The van der Waals surface area contributed by atoms with Crippen LogP contribution in [0.2, 0.25) is 0 Å². The lowest BCUT2D eigenvalue weighted by molar-refractivity contribution is 0.0275. The van der Waals surface area contributed by atoms with E-state index in [2.05, 4.69) is 10.3 Å². The minimum atomic E-state index is -0.499. The van der Waals surface area contributed by atoms with Gasteiger partial charge in [0.25, 0.3) is 5.91 Å². The number of fused-ring (bicyclic) bond motifs is 1. The summed E-state index contributed by atoms with van der Waals surface area (Å²) in [6.07, 6.45) is -0.267. The smallest absolute Gasteiger partial charge is 0.410 e. The lowest BCUT2D eigenvalue weighted by Gasteiger charge is -2.26. The second-order valence-electron chi connectivity index (χ2n) is 9.01. The average molecular weight is 409 g/mol. The number of amides is 2. The van der Waals surface area contributed by atoms with Crippen LogP contribution in [0, 0.1) is 11.8 Å². The van der Waals surface area contributed by atoms with Crippen molar-refractivity contribution in [3.05, 3.63) is 54.2 Å². The van der Waals surface area contributed by atoms with Crippen molar-refractivity contribution in [2.75, 3.05) is 31.5 Å². The molecule has 7 heteroatoms. The molecule has 30 heavy (non-hydrogen) atoms. The number of hydrogen-bond acceptors (Lipinski definition) is 5. The Morgan fingerprint density at radius 1 is 0.933 bits per heavy atom. The first kappa shape index (κ1) is 20.2. The fourth-order valence-electron chi connectivity index (χ4n) is 4.09. The molecule has 3 heterocycles. The molecule has 2 amide bonds. The van der Waals surface area contributed by atoms with Gasteiger partial charge in [0.2, 0.25) is 0 Å². The largest absolute Gasteiger partial charge is 0.444 e. The zero-order valence-electron chi connectivity index (χ0n) is 17.7. The lowest BCUT2D eigenvalue weighted by Crippen LogP contribution is -2.38. The number of rotatable bonds is 3. The topological polar surface area (TPSA) is 74.8 Å². The van der Waals surface area contributed by atoms with E-state index in [0.717, 1.165) is 5.69 Å². The van der Waals surface area contributed by atoms with Gasteiger partial charge in [0.15, 0.2) is 0 Å². The van der Waals surface area contributed by atoms with Crippen molar-refractivity contribution in [3.8, 4) is 0 Å². The van der Waals surface area contributed by atoms with Crippen molar-refractivity contribution in [1.29, 1.82) is 0 Å². The van der Waals surface area contributed by atoms with Crippen molar-refractivity contribution in [2.24, 2.45) is 11.8 Å². The number of aromatic nitrogens is 1. The second kappa shape index (κ2) is 7.97. The number of benzene rings is 1. The van der Waals surface area contributed by atoms with Gasteiger partial charge in [-0.15, -0.1) is 0 Å². The van der Waals surface area contributed by atoms with Gasteiger partial charge in [-0.25, -0.2) is 9.78 Å². The van der Waals surface area contributed by atoms with E-state index in [1.807, 2.05) is 68.1 Å². The molecule has 0 radical (unpaired) electrons. The number of anilines is 2. The van der Waals surface area contributed by atoms with Gasteiger partial charge in [0.1, 0.15) is 17.1 Å². The van der Waals surface area contributed by atoms with E-state index in [-0.39, 0.29) is 23.8 Å². The highest BCUT2D eigenvalue weighted by atomic mass is 16.6. The molecule has 2 atom stereocenters. The van der Waals surface area contributed by atoms with Crippen LogP contribution in [0.1, 0.15) is 31.3 Å². The van der Waals surface area contributed by atoms with Crippen LogP contribution in [-0.4, -0.2) is 58.6 Å². The Morgan fingerprint density at radius 2 is 1.57 bits per heavy atom. The molecular formula is C23H28N4O3. The van der Waals surface area contributed by atoms with Crippen molar-refractivity contribution >= 4 is 23.5 Å². The third-order valence-electron chi connectivity index (χ3n) is 5.44. The van der Waals surface area contributed by atoms with Crippen LogP contribution >= 0.6 is 0 Å². The predicted molar refractivity (Wildman–Crippen MR) is 115 cm³/mol. The van der Waals surface area contributed by atoms with Crippen molar-refractivity contribution in [3.63, 3.8) is 0 Å². The summed E-state index contributed by atoms with van der Waals surface area (Å²) in [5.41, 5.74) is 0.855. The summed E-state index contributed by atoms with van der Waals surface area (Å²) < 4.78 is 5.48. The predicted octanol–water partition coefficient (Wildman–Crippen LogP) is 3.76. The van der Waals surface area contributed by atoms with E-state index in [9.17, 15) is 9.59 Å². The Bertz CT molecular complexity index is 912. The van der Waals surface area contributed by atoms with Crippen LogP contribution in [0.4, 0.5) is 16.3 Å². The molecule has 7 nitrogen and oxygen atoms in total. The van der Waals surface area contributed by atoms with Gasteiger partial charge >= 0.3 is 6.09 Å². The Kier molecular flexibility index (Phi) is 5.37. The van der Waals surface area contributed by atoms with Crippen LogP contribution in [0.15, 0.2) is 48.5 Å². The summed E-state index contributed by atoms with van der Waals surface area (Å²) >= 11 is 0. The van der Waals surface area contributed by atoms with Crippen molar-refractivity contribution in [2.45, 2.75) is 26.4 Å². The van der Waals surface area contributed by atoms with Gasteiger partial charge in [0.05, 0.1) is 0 Å². The maximum atomic E-state index is 13.0. The molecule has 2 aromatic rings. The zero-order chi connectivity index (χ0) is 21.3. The number of likely N-dealkylation sites (tertiary alicyclic amines) is 2. The molecule has 4 rings (SSSR count). The third-order valence-corrected chi connectivity index (χ3v) is 5.44. The SMILES string of the molecule is CC(C)(C)OC(=O)N1CC2CN(C(=O)c3cccc(Nc4ccccc4)n3)CC2C1. The summed E-state index contributed by atoms with van der Waals surface area (Å²) in [4.78, 5) is 33.5. The molecule has 0 bridgehead atoms. The molecule has 0 spiro atoms. The molecule has 0 saturated carbocycles. The van der Waals surface area contributed by atoms with E-state index in [1.165, 1.54) is 0 Å². The Balaban J connectivity index is 1.36. The number of para-hydroxylation sites is 1. The van der Waals surface area contributed by atoms with Crippen LogP contribution < -0.4 is 5.32 Å². The summed E-state index contributed by atoms with van der Waals surface area (Å²) in [5, 5.41) is 3.23. The average Bonchev–Trinajstić information content (AvgIpc) is 3.26. The normalized spacial score (nSPS) is 20.8. The molecule has 2 fully saturated rings. The molecule has 1 N–H and O–H groups in total. The van der Waals surface area contributed by atoms with Gasteiger partial charge in [-0.05, 0) is 45.0 Å². The maximum Gasteiger partial charge on any atom is 0.410 e. The molecule has 158 valence electrons. The maximum absolute atomic E-state index is 13.0. The molecule has 2 unspecified atom stereocenters. The summed E-state index contributed by atoms with van der Waals surface area (Å²) in [6, 6.07) is 15.2. The Hall–Kier alpha value is -3.09. The number of hydrogen-bond donors (Lipinski definition) is 1. The molecule has 2 saturated heterocycles. The highest BCUT2D eigenvalue weighted by molar-refractivity contribution is 5.93. The number of carbonyl (C=O) groups excluding carboxylic acids is 2. The van der Waals surface area contributed by atoms with Crippen LogP contribution in [0.5, 0.6) is 0 Å². The van der Waals surface area contributed by atoms with E-state index in [0.29, 0.717) is 37.7 Å². The Morgan fingerprint density at radius 3 is 2.20 bits per heavy atom. The van der Waals surface area contributed by atoms with E-state index >= 15 is 0 Å². The summed E-state index contributed by atoms with van der Waals surface area (Å²) in [7, 11) is 0. The zero-order valence-corrected chi connectivity index (χ0v) is 17.7. The van der Waals surface area contributed by atoms with Crippen LogP contribution in [0.3, 0.4) is 0 Å². The van der Waals surface area contributed by atoms with E-state index in [1.54, 1.807) is 11.0 Å². The Labute approximate surface area is 177 Å². The third kappa shape index (κ3) is 4.56. The highest BCUT2D eigenvalue weighted by Crippen LogP contribution is 2.32. The van der Waals surface area contributed by atoms with Crippen LogP contribution in [0.25, 0.3) is 0 Å². The monoisotopic (exact) mass is 408 g/mol. The number of nitrogens with one attached hydrogen (secondary N) is 1. The molecule has 1 aromatic heterocycles. The van der Waals surface area contributed by atoms with Gasteiger partial charge in [-0.1, -0.05) is 24.3 Å². The summed E-state index contributed by atoms with van der Waals surface area (Å²) in [6.45, 7) is 8.16. The molecule has 2 aliphatic heterocycles. The van der Waals surface area contributed by atoms with Crippen molar-refractivity contribution < 1.29 is 14.3 Å². The molecule has 0 aliphatic carbocycles. The number of carbonyl (C=O) groups is 2. The molecular weight excluding hydrogens is 380 g/mol. The number of ether oxygens (including phenoxy) is 1. The first-order chi connectivity index (χ1) is 14.3. The minimum Gasteiger partial charge on any atom is -0.444 e. The standard InChI is InChI=1S/C23H28N4O3/c1-23(2,3)30-22(29)27-14-16-12-26(13-17(16)15-27)21(28)19-10-7-11-20(25-19)24-18-8-5-4-6-9-18/h4-11,16-17H,12-15H2,1-3H3,(H,24,25). The van der Waals surface area contributed by atoms with Gasteiger partial charge < -0.3 is 19.9 Å². The van der Waals surface area contributed by atoms with Gasteiger partial charge in [0, 0.05) is 43.7 Å². The number of nitrogens with zero attached hydrogens (tertiary/aromatic N) is 3. The minimum absolute atomic E-state index is 0.0649. The lowest BCUT2D eigenvalue weighted by atomic mass is 10.0. The first-order valence-corrected chi connectivity index (χ1v) is 10.3. The van der Waals surface area contributed by atoms with Crippen LogP contribution in [-0.2, 0) is 4.74 Å². The fourth-order valence-corrected chi connectivity index (χ4v) is 4.09. The van der Waals surface area contributed by atoms with E-state index < -0.39 is 5.60 Å². The number of pyridine rings is 1.